The molecule has 1 aromatic carbocycles. The van der Waals surface area contributed by atoms with Crippen molar-refractivity contribution in [1.29, 1.82) is 0 Å². The van der Waals surface area contributed by atoms with Gasteiger partial charge in [0.2, 0.25) is 0 Å². The molecule has 0 saturated carbocycles. The SMILES string of the molecule is C=CC(=O)C[C@H]1COC[C@H]1Nc1cc2c(NCCN3CCN(C)CC3)nc(-c3c(Cl)c(OC)cc(OC)c3Cl)cc2cn1. The molecule has 2 atom stereocenters. The molecular formula is C31H38Cl2N6O4. The lowest BCUT2D eigenvalue weighted by Gasteiger charge is -2.32. The number of pyridine rings is 2. The van der Waals surface area contributed by atoms with Crippen LogP contribution in [0.5, 0.6) is 11.5 Å². The lowest BCUT2D eigenvalue weighted by atomic mass is 9.97. The van der Waals surface area contributed by atoms with E-state index >= 15 is 0 Å². The van der Waals surface area contributed by atoms with E-state index in [4.69, 9.17) is 47.4 Å². The Morgan fingerprint density at radius 3 is 2.51 bits per heavy atom. The predicted molar refractivity (Wildman–Crippen MR) is 172 cm³/mol. The number of ether oxygens (including phenoxy) is 3. The van der Waals surface area contributed by atoms with Gasteiger partial charge in [-0.25, -0.2) is 9.97 Å². The van der Waals surface area contributed by atoms with Crippen molar-refractivity contribution >= 4 is 51.4 Å². The van der Waals surface area contributed by atoms with Gasteiger partial charge in [-0.15, -0.1) is 0 Å². The smallest absolute Gasteiger partial charge is 0.155 e. The monoisotopic (exact) mass is 628 g/mol. The summed E-state index contributed by atoms with van der Waals surface area (Å²) in [7, 11) is 5.24. The number of hydrogen-bond donors (Lipinski definition) is 2. The van der Waals surface area contributed by atoms with E-state index in [2.05, 4.69) is 34.1 Å². The molecular weight excluding hydrogens is 591 g/mol. The van der Waals surface area contributed by atoms with E-state index in [0.717, 1.165) is 43.5 Å². The Hall–Kier alpha value is -3.15. The molecule has 12 heteroatoms. The molecule has 0 amide bonds. The first-order chi connectivity index (χ1) is 20.8. The number of carbonyl (C=O) groups is 1. The largest absolute Gasteiger partial charge is 0.495 e. The van der Waals surface area contributed by atoms with Gasteiger partial charge in [0.15, 0.2) is 5.78 Å². The molecule has 2 aliphatic heterocycles. The molecule has 2 fully saturated rings. The van der Waals surface area contributed by atoms with Crippen LogP contribution < -0.4 is 20.1 Å². The predicted octanol–water partition coefficient (Wildman–Crippen LogP) is 4.85. The molecule has 230 valence electrons. The number of benzene rings is 1. The Bertz CT molecular complexity index is 1450. The minimum atomic E-state index is -0.0448. The second kappa shape index (κ2) is 14.1. The number of allylic oxidation sites excluding steroid dienone is 1. The summed E-state index contributed by atoms with van der Waals surface area (Å²) in [6, 6.07) is 5.50. The molecule has 0 radical (unpaired) electrons. The molecule has 5 rings (SSSR count). The lowest BCUT2D eigenvalue weighted by molar-refractivity contribution is -0.115. The van der Waals surface area contributed by atoms with E-state index in [1.54, 1.807) is 26.5 Å². The van der Waals surface area contributed by atoms with Crippen LogP contribution in [0.1, 0.15) is 6.42 Å². The Balaban J connectivity index is 1.49. The van der Waals surface area contributed by atoms with Gasteiger partial charge in [-0.1, -0.05) is 29.8 Å². The Morgan fingerprint density at radius 2 is 1.84 bits per heavy atom. The zero-order valence-electron chi connectivity index (χ0n) is 24.8. The number of piperazine rings is 1. The van der Waals surface area contributed by atoms with Crippen molar-refractivity contribution in [2.24, 2.45) is 5.92 Å². The molecule has 3 aromatic rings. The Kier molecular flexibility index (Phi) is 10.2. The van der Waals surface area contributed by atoms with Crippen molar-refractivity contribution in [3.8, 4) is 22.8 Å². The average Bonchev–Trinajstić information content (AvgIpc) is 3.44. The summed E-state index contributed by atoms with van der Waals surface area (Å²) in [6.07, 6.45) is 3.54. The first kappa shape index (κ1) is 31.3. The number of carbonyl (C=O) groups excluding carboxylic acids is 1. The summed E-state index contributed by atoms with van der Waals surface area (Å²) >= 11 is 13.6. The highest BCUT2D eigenvalue weighted by Crippen LogP contribution is 2.46. The normalized spacial score (nSPS) is 19.4. The summed E-state index contributed by atoms with van der Waals surface area (Å²) < 4.78 is 16.7. The first-order valence-corrected chi connectivity index (χ1v) is 15.1. The van der Waals surface area contributed by atoms with Crippen LogP contribution in [0.15, 0.2) is 37.1 Å². The van der Waals surface area contributed by atoms with Crippen LogP contribution in [0, 0.1) is 5.92 Å². The van der Waals surface area contributed by atoms with Crippen molar-refractivity contribution in [1.82, 2.24) is 19.8 Å². The number of halogens is 2. The molecule has 2 saturated heterocycles. The fourth-order valence-electron chi connectivity index (χ4n) is 5.49. The van der Waals surface area contributed by atoms with Crippen molar-refractivity contribution in [2.45, 2.75) is 12.5 Å². The van der Waals surface area contributed by atoms with Gasteiger partial charge in [0.25, 0.3) is 0 Å². The second-order valence-electron chi connectivity index (χ2n) is 10.9. The van der Waals surface area contributed by atoms with E-state index in [0.29, 0.717) is 70.6 Å². The van der Waals surface area contributed by atoms with Crippen molar-refractivity contribution in [2.75, 3.05) is 84.4 Å². The third kappa shape index (κ3) is 7.16. The molecule has 2 N–H and O–H groups in total. The maximum absolute atomic E-state index is 12.0. The lowest BCUT2D eigenvalue weighted by Crippen LogP contribution is -2.45. The zero-order valence-corrected chi connectivity index (χ0v) is 26.3. The number of fused-ring (bicyclic) bond motifs is 1. The number of rotatable bonds is 12. The van der Waals surface area contributed by atoms with Gasteiger partial charge in [-0.2, -0.15) is 0 Å². The van der Waals surface area contributed by atoms with Gasteiger partial charge < -0.3 is 29.7 Å². The van der Waals surface area contributed by atoms with Crippen molar-refractivity contribution < 1.29 is 19.0 Å². The van der Waals surface area contributed by atoms with E-state index in [1.165, 1.54) is 6.08 Å². The van der Waals surface area contributed by atoms with Crippen molar-refractivity contribution in [3.05, 3.63) is 47.1 Å². The highest BCUT2D eigenvalue weighted by molar-refractivity contribution is 6.41. The van der Waals surface area contributed by atoms with E-state index in [9.17, 15) is 4.79 Å². The van der Waals surface area contributed by atoms with Crippen LogP contribution in [0.2, 0.25) is 10.0 Å². The topological polar surface area (TPSA) is 101 Å². The molecule has 2 aliphatic rings. The zero-order chi connectivity index (χ0) is 30.5. The quantitative estimate of drug-likeness (QED) is 0.271. The van der Waals surface area contributed by atoms with E-state index in [1.807, 2.05) is 12.1 Å². The molecule has 43 heavy (non-hydrogen) atoms. The second-order valence-corrected chi connectivity index (χ2v) is 11.7. The summed E-state index contributed by atoms with van der Waals surface area (Å²) in [6.45, 7) is 10.3. The summed E-state index contributed by atoms with van der Waals surface area (Å²) in [5.41, 5.74) is 1.08. The Labute approximate surface area is 262 Å². The first-order valence-electron chi connectivity index (χ1n) is 14.4. The molecule has 10 nitrogen and oxygen atoms in total. The van der Waals surface area contributed by atoms with Crippen LogP contribution in [-0.4, -0.2) is 105 Å². The fraction of sp³-hybridized carbons (Fsp3) is 0.452. The highest BCUT2D eigenvalue weighted by atomic mass is 35.5. The number of hydrogen-bond acceptors (Lipinski definition) is 10. The van der Waals surface area contributed by atoms with Crippen LogP contribution >= 0.6 is 23.2 Å². The van der Waals surface area contributed by atoms with Gasteiger partial charge in [0.05, 0.1) is 49.2 Å². The molecule has 2 aromatic heterocycles. The molecule has 4 heterocycles. The molecule has 0 aliphatic carbocycles. The molecule has 0 bridgehead atoms. The standard InChI is InChI=1S/C31H38Cl2N6O4/c1-5-21(40)12-20-17-43-18-24(20)36-27-14-22-19(16-35-27)13-23(28-29(32)25(41-3)15-26(42-4)30(28)33)37-31(22)34-6-7-39-10-8-38(2)9-11-39/h5,13-16,20,24H,1,6-12,17-18H2,2-4H3,(H,34,37)(H,35,36)/t20-,24+/m0/s1. The number of likely N-dealkylation sites (N-methyl/N-ethyl adjacent to an activating group) is 1. The van der Waals surface area contributed by atoms with Gasteiger partial charge >= 0.3 is 0 Å². The molecule has 0 spiro atoms. The van der Waals surface area contributed by atoms with Gasteiger partial charge in [0, 0.05) is 80.2 Å². The van der Waals surface area contributed by atoms with Gasteiger partial charge in [-0.05, 0) is 25.3 Å². The number of ketones is 1. The highest BCUT2D eigenvalue weighted by Gasteiger charge is 2.30. The summed E-state index contributed by atoms with van der Waals surface area (Å²) in [5.74, 6) is 2.27. The van der Waals surface area contributed by atoms with Gasteiger partial charge in [0.1, 0.15) is 23.1 Å². The number of anilines is 2. The van der Waals surface area contributed by atoms with Crippen LogP contribution in [0.25, 0.3) is 22.0 Å². The van der Waals surface area contributed by atoms with E-state index in [-0.39, 0.29) is 17.7 Å². The van der Waals surface area contributed by atoms with Crippen molar-refractivity contribution in [3.63, 3.8) is 0 Å². The van der Waals surface area contributed by atoms with E-state index < -0.39 is 0 Å². The third-order valence-electron chi connectivity index (χ3n) is 8.08. The minimum absolute atomic E-state index is 0.00355. The van der Waals surface area contributed by atoms with Gasteiger partial charge in [-0.3, -0.25) is 9.69 Å². The Morgan fingerprint density at radius 1 is 1.12 bits per heavy atom. The fourth-order valence-corrected chi connectivity index (χ4v) is 6.19. The summed E-state index contributed by atoms with van der Waals surface area (Å²) in [5, 5.41) is 9.47. The number of nitrogens with zero attached hydrogens (tertiary/aromatic N) is 4. The maximum Gasteiger partial charge on any atom is 0.155 e. The average molecular weight is 630 g/mol. The van der Waals surface area contributed by atoms with Crippen LogP contribution in [-0.2, 0) is 9.53 Å². The third-order valence-corrected chi connectivity index (χ3v) is 8.83. The number of methoxy groups -OCH3 is 2. The van der Waals surface area contributed by atoms with Crippen LogP contribution in [0.4, 0.5) is 11.6 Å². The maximum atomic E-state index is 12.0. The summed E-state index contributed by atoms with van der Waals surface area (Å²) in [4.78, 5) is 26.5. The number of aromatic nitrogens is 2. The minimum Gasteiger partial charge on any atom is -0.495 e. The van der Waals surface area contributed by atoms with Crippen LogP contribution in [0.3, 0.4) is 0 Å². The molecule has 0 unspecified atom stereocenters. The number of nitrogens with one attached hydrogen (secondary N) is 2.